The lowest BCUT2D eigenvalue weighted by Crippen LogP contribution is -2.48. The second kappa shape index (κ2) is 7.14. The number of hydrogen-bond donors (Lipinski definition) is 2. The van der Waals surface area contributed by atoms with E-state index in [9.17, 15) is 22.8 Å². The molecule has 2 N–H and O–H groups in total. The molecule has 1 aliphatic heterocycles. The van der Waals surface area contributed by atoms with Crippen molar-refractivity contribution in [2.24, 2.45) is 0 Å². The maximum atomic E-state index is 12.0. The van der Waals surface area contributed by atoms with Crippen LogP contribution in [-0.4, -0.2) is 55.1 Å². The SMILES string of the molecule is C#CCNC(=O)CN1CCCC1C(=O)NCC(F)(F)F. The molecule has 1 heterocycles. The third-order valence-corrected chi connectivity index (χ3v) is 2.86. The zero-order valence-electron chi connectivity index (χ0n) is 10.8. The smallest absolute Gasteiger partial charge is 0.346 e. The number of rotatable bonds is 5. The highest BCUT2D eigenvalue weighted by atomic mass is 19.4. The Balaban J connectivity index is 2.46. The van der Waals surface area contributed by atoms with Crippen LogP contribution in [0.2, 0.25) is 0 Å². The lowest BCUT2D eigenvalue weighted by atomic mass is 10.2. The number of halogens is 3. The molecular weight excluding hydrogens is 275 g/mol. The zero-order chi connectivity index (χ0) is 15.2. The highest BCUT2D eigenvalue weighted by Crippen LogP contribution is 2.18. The number of alkyl halides is 3. The van der Waals surface area contributed by atoms with Crippen LogP contribution in [0.15, 0.2) is 0 Å². The summed E-state index contributed by atoms with van der Waals surface area (Å²) in [5.41, 5.74) is 0. The van der Waals surface area contributed by atoms with E-state index in [1.165, 1.54) is 0 Å². The Morgan fingerprint density at radius 2 is 2.05 bits per heavy atom. The number of hydrogen-bond acceptors (Lipinski definition) is 3. The molecule has 0 aromatic rings. The van der Waals surface area contributed by atoms with Gasteiger partial charge in [-0.15, -0.1) is 6.42 Å². The van der Waals surface area contributed by atoms with Crippen molar-refractivity contribution in [1.82, 2.24) is 15.5 Å². The molecule has 1 atom stereocenters. The number of carbonyl (C=O) groups is 2. The largest absolute Gasteiger partial charge is 0.405 e. The van der Waals surface area contributed by atoms with Crippen molar-refractivity contribution in [2.45, 2.75) is 25.1 Å². The van der Waals surface area contributed by atoms with Gasteiger partial charge in [0.25, 0.3) is 0 Å². The van der Waals surface area contributed by atoms with E-state index >= 15 is 0 Å². The predicted octanol–water partition coefficient (Wildman–Crippen LogP) is -0.121. The number of nitrogens with zero attached hydrogens (tertiary/aromatic N) is 1. The first kappa shape index (κ1) is 16.3. The number of carbonyl (C=O) groups excluding carboxylic acids is 2. The van der Waals surface area contributed by atoms with Gasteiger partial charge in [0.15, 0.2) is 0 Å². The van der Waals surface area contributed by atoms with E-state index in [1.54, 1.807) is 4.90 Å². The molecular formula is C12H16F3N3O2. The van der Waals surface area contributed by atoms with Crippen molar-refractivity contribution in [3.8, 4) is 12.3 Å². The molecule has 0 saturated carbocycles. The fourth-order valence-electron chi connectivity index (χ4n) is 2.01. The number of amides is 2. The van der Waals surface area contributed by atoms with Crippen LogP contribution >= 0.6 is 0 Å². The first-order valence-electron chi connectivity index (χ1n) is 6.12. The Kier molecular flexibility index (Phi) is 5.82. The molecule has 8 heteroatoms. The molecule has 0 radical (unpaired) electrons. The fourth-order valence-corrected chi connectivity index (χ4v) is 2.01. The molecule has 5 nitrogen and oxygen atoms in total. The van der Waals surface area contributed by atoms with Gasteiger partial charge in [-0.3, -0.25) is 14.5 Å². The van der Waals surface area contributed by atoms with Gasteiger partial charge in [0.2, 0.25) is 11.8 Å². The Labute approximate surface area is 114 Å². The topological polar surface area (TPSA) is 61.4 Å². The van der Waals surface area contributed by atoms with E-state index in [1.807, 2.05) is 5.32 Å². The van der Waals surface area contributed by atoms with E-state index in [0.29, 0.717) is 19.4 Å². The van der Waals surface area contributed by atoms with Crippen molar-refractivity contribution >= 4 is 11.8 Å². The molecule has 0 spiro atoms. The summed E-state index contributed by atoms with van der Waals surface area (Å²) >= 11 is 0. The summed E-state index contributed by atoms with van der Waals surface area (Å²) in [4.78, 5) is 24.7. The van der Waals surface area contributed by atoms with Crippen LogP contribution in [0.25, 0.3) is 0 Å². The molecule has 20 heavy (non-hydrogen) atoms. The number of likely N-dealkylation sites (tertiary alicyclic amines) is 1. The molecule has 0 bridgehead atoms. The molecule has 1 rings (SSSR count). The third-order valence-electron chi connectivity index (χ3n) is 2.86. The van der Waals surface area contributed by atoms with Crippen LogP contribution in [0.1, 0.15) is 12.8 Å². The van der Waals surface area contributed by atoms with Crippen molar-refractivity contribution < 1.29 is 22.8 Å². The first-order chi connectivity index (χ1) is 9.33. The fraction of sp³-hybridized carbons (Fsp3) is 0.667. The molecule has 112 valence electrons. The van der Waals surface area contributed by atoms with Crippen LogP contribution < -0.4 is 10.6 Å². The highest BCUT2D eigenvalue weighted by molar-refractivity contribution is 5.84. The molecule has 1 saturated heterocycles. The minimum atomic E-state index is -4.44. The molecule has 1 fully saturated rings. The summed E-state index contributed by atoms with van der Waals surface area (Å²) in [5, 5.41) is 4.29. The molecule has 1 unspecified atom stereocenters. The Morgan fingerprint density at radius 1 is 1.35 bits per heavy atom. The van der Waals surface area contributed by atoms with E-state index in [4.69, 9.17) is 6.42 Å². The highest BCUT2D eigenvalue weighted by Gasteiger charge is 2.34. The van der Waals surface area contributed by atoms with Gasteiger partial charge < -0.3 is 10.6 Å². The average molecular weight is 291 g/mol. The second-order valence-corrected chi connectivity index (χ2v) is 4.44. The summed E-state index contributed by atoms with van der Waals surface area (Å²) in [6, 6.07) is -0.700. The van der Waals surface area contributed by atoms with Crippen LogP contribution in [-0.2, 0) is 9.59 Å². The quantitative estimate of drug-likeness (QED) is 0.694. The minimum absolute atomic E-state index is 0.0498. The van der Waals surface area contributed by atoms with Gasteiger partial charge >= 0.3 is 6.18 Å². The molecule has 1 aliphatic rings. The zero-order valence-corrected chi connectivity index (χ0v) is 10.8. The van der Waals surface area contributed by atoms with E-state index in [2.05, 4.69) is 11.2 Å². The van der Waals surface area contributed by atoms with E-state index in [-0.39, 0.29) is 19.0 Å². The molecule has 2 amide bonds. The van der Waals surface area contributed by atoms with Crippen LogP contribution in [0, 0.1) is 12.3 Å². The van der Waals surface area contributed by atoms with Gasteiger partial charge in [-0.25, -0.2) is 0 Å². The summed E-state index contributed by atoms with van der Waals surface area (Å²) in [6.45, 7) is -0.837. The average Bonchev–Trinajstić information content (AvgIpc) is 2.80. The second-order valence-electron chi connectivity index (χ2n) is 4.44. The molecule has 0 aliphatic carbocycles. The maximum Gasteiger partial charge on any atom is 0.405 e. The van der Waals surface area contributed by atoms with Gasteiger partial charge in [0.1, 0.15) is 6.54 Å². The van der Waals surface area contributed by atoms with Gasteiger partial charge in [-0.05, 0) is 19.4 Å². The minimum Gasteiger partial charge on any atom is -0.346 e. The normalized spacial score (nSPS) is 19.4. The van der Waals surface area contributed by atoms with Gasteiger partial charge in [-0.1, -0.05) is 5.92 Å². The van der Waals surface area contributed by atoms with E-state index < -0.39 is 24.7 Å². The lowest BCUT2D eigenvalue weighted by molar-refractivity contribution is -0.141. The number of terminal acetylenes is 1. The monoisotopic (exact) mass is 291 g/mol. The van der Waals surface area contributed by atoms with Crippen molar-refractivity contribution in [3.63, 3.8) is 0 Å². The standard InChI is InChI=1S/C12H16F3N3O2/c1-2-5-16-10(19)7-18-6-3-4-9(18)11(20)17-8-12(13,14)15/h1,9H,3-8H2,(H,16,19)(H,17,20). The molecule has 0 aromatic heterocycles. The number of nitrogens with one attached hydrogen (secondary N) is 2. The molecule has 0 aromatic carbocycles. The Morgan fingerprint density at radius 3 is 2.65 bits per heavy atom. The van der Waals surface area contributed by atoms with Crippen LogP contribution in [0.5, 0.6) is 0 Å². The van der Waals surface area contributed by atoms with Crippen LogP contribution in [0.3, 0.4) is 0 Å². The Bertz CT molecular complexity index is 404. The summed E-state index contributed by atoms with van der Waals surface area (Å²) in [6.07, 6.45) is 1.65. The summed E-state index contributed by atoms with van der Waals surface area (Å²) in [7, 11) is 0. The van der Waals surface area contributed by atoms with Crippen molar-refractivity contribution in [3.05, 3.63) is 0 Å². The summed E-state index contributed by atoms with van der Waals surface area (Å²) < 4.78 is 36.1. The van der Waals surface area contributed by atoms with Gasteiger partial charge in [0, 0.05) is 0 Å². The Hall–Kier alpha value is -1.75. The third kappa shape index (κ3) is 5.48. The maximum absolute atomic E-state index is 12.0. The van der Waals surface area contributed by atoms with Gasteiger partial charge in [-0.2, -0.15) is 13.2 Å². The van der Waals surface area contributed by atoms with E-state index in [0.717, 1.165) is 0 Å². The lowest BCUT2D eigenvalue weighted by Gasteiger charge is -2.23. The van der Waals surface area contributed by atoms with Crippen LogP contribution in [0.4, 0.5) is 13.2 Å². The van der Waals surface area contributed by atoms with Gasteiger partial charge in [0.05, 0.1) is 19.1 Å². The predicted molar refractivity (Wildman–Crippen MR) is 65.5 cm³/mol. The summed E-state index contributed by atoms with van der Waals surface area (Å²) in [5.74, 6) is 1.19. The van der Waals surface area contributed by atoms with Crippen molar-refractivity contribution in [1.29, 1.82) is 0 Å². The first-order valence-corrected chi connectivity index (χ1v) is 6.12. The van der Waals surface area contributed by atoms with Crippen molar-refractivity contribution in [2.75, 3.05) is 26.2 Å².